The number of alkyl carbamates (subject to hydrolysis) is 1. The van der Waals surface area contributed by atoms with Crippen LogP contribution in [-0.4, -0.2) is 17.8 Å². The Morgan fingerprint density at radius 1 is 1.24 bits per heavy atom. The van der Waals surface area contributed by atoms with Gasteiger partial charge < -0.3 is 19.9 Å². The lowest BCUT2D eigenvalue weighted by Crippen LogP contribution is -2.46. The number of aromatic hydroxyl groups is 1. The number of amides is 1. The normalized spacial score (nSPS) is 18.5. The van der Waals surface area contributed by atoms with Crippen molar-refractivity contribution in [2.24, 2.45) is 5.41 Å². The second-order valence-electron chi connectivity index (χ2n) is 6.64. The summed E-state index contributed by atoms with van der Waals surface area (Å²) in [5, 5.41) is 13.2. The van der Waals surface area contributed by atoms with E-state index >= 15 is 0 Å². The maximum atomic E-state index is 11.5. The van der Waals surface area contributed by atoms with Crippen LogP contribution in [0.3, 0.4) is 0 Å². The molecule has 1 saturated heterocycles. The molecule has 1 heterocycles. The zero-order chi connectivity index (χ0) is 17.2. The lowest BCUT2D eigenvalue weighted by Gasteiger charge is -2.38. The largest absolute Gasteiger partial charge is 0.507 e. The molecule has 2 aromatic carbocycles. The number of ether oxygens (including phenoxy) is 2. The molecule has 1 atom stereocenters. The predicted octanol–water partition coefficient (Wildman–Crippen LogP) is 4.20. The first-order valence-electron chi connectivity index (χ1n) is 7.89. The fraction of sp³-hybridized carbons (Fsp3) is 0.316. The van der Waals surface area contributed by atoms with Crippen molar-refractivity contribution in [3.05, 3.63) is 59.7 Å². The third kappa shape index (κ3) is 4.37. The molecular weight excluding hydrogens is 342 g/mol. The number of carbonyl (C=O) groups is 1. The third-order valence-corrected chi connectivity index (χ3v) is 4.18. The van der Waals surface area contributed by atoms with Crippen LogP contribution in [0.5, 0.6) is 11.5 Å². The Morgan fingerprint density at radius 2 is 1.96 bits per heavy atom. The Hall–Kier alpha value is -2.40. The highest BCUT2D eigenvalue weighted by molar-refractivity contribution is 5.85. The van der Waals surface area contributed by atoms with Crippen LogP contribution in [-0.2, 0) is 11.3 Å². The van der Waals surface area contributed by atoms with E-state index in [1.807, 2.05) is 44.2 Å². The molecule has 2 aromatic rings. The minimum absolute atomic E-state index is 0. The summed E-state index contributed by atoms with van der Waals surface area (Å²) in [6, 6.07) is 14.7. The minimum Gasteiger partial charge on any atom is -0.507 e. The van der Waals surface area contributed by atoms with Gasteiger partial charge in [0.2, 0.25) is 0 Å². The Morgan fingerprint density at radius 3 is 2.64 bits per heavy atom. The van der Waals surface area contributed by atoms with Crippen LogP contribution in [0.25, 0.3) is 0 Å². The minimum atomic E-state index is -0.469. The quantitative estimate of drug-likeness (QED) is 0.854. The van der Waals surface area contributed by atoms with Crippen LogP contribution >= 0.6 is 12.4 Å². The maximum absolute atomic E-state index is 11.5. The molecule has 25 heavy (non-hydrogen) atoms. The van der Waals surface area contributed by atoms with Crippen LogP contribution in [0, 0.1) is 5.41 Å². The summed E-state index contributed by atoms with van der Waals surface area (Å²) in [4.78, 5) is 11.5. The fourth-order valence-corrected chi connectivity index (χ4v) is 2.79. The summed E-state index contributed by atoms with van der Waals surface area (Å²) in [7, 11) is 0. The van der Waals surface area contributed by atoms with Gasteiger partial charge in [-0.1, -0.05) is 44.2 Å². The van der Waals surface area contributed by atoms with E-state index in [-0.39, 0.29) is 29.6 Å². The second kappa shape index (κ2) is 7.66. The predicted molar refractivity (Wildman–Crippen MR) is 97.1 cm³/mol. The van der Waals surface area contributed by atoms with Gasteiger partial charge in [-0.15, -0.1) is 12.4 Å². The molecule has 3 rings (SSSR count). The standard InChI is InChI=1S/C19H21NO4.ClH/c1-19(2)12-24-18(22)20-17(19)15-9-8-14(10-16(15)21)23-11-13-6-4-3-5-7-13;/h3-10,17,21H,11-12H2,1-2H3,(H,20,22);1H/t17-;/m1./s1. The van der Waals surface area contributed by atoms with Crippen molar-refractivity contribution in [3.8, 4) is 11.5 Å². The number of halogens is 1. The smallest absolute Gasteiger partial charge is 0.407 e. The lowest BCUT2D eigenvalue weighted by molar-refractivity contribution is 0.0381. The molecule has 0 aliphatic carbocycles. The number of phenolic OH excluding ortho intramolecular Hbond substituents is 1. The van der Waals surface area contributed by atoms with Gasteiger partial charge in [-0.3, -0.25) is 0 Å². The van der Waals surface area contributed by atoms with Gasteiger partial charge in [0.1, 0.15) is 24.7 Å². The van der Waals surface area contributed by atoms with Crippen molar-refractivity contribution < 1.29 is 19.4 Å². The van der Waals surface area contributed by atoms with Crippen molar-refractivity contribution in [1.29, 1.82) is 0 Å². The van der Waals surface area contributed by atoms with Crippen LogP contribution in [0.15, 0.2) is 48.5 Å². The van der Waals surface area contributed by atoms with E-state index < -0.39 is 6.09 Å². The van der Waals surface area contributed by atoms with E-state index in [2.05, 4.69) is 5.32 Å². The average Bonchev–Trinajstić information content (AvgIpc) is 2.57. The number of cyclic esters (lactones) is 1. The molecule has 2 N–H and O–H groups in total. The van der Waals surface area contributed by atoms with Crippen LogP contribution in [0.4, 0.5) is 4.79 Å². The number of nitrogens with one attached hydrogen (secondary N) is 1. The van der Waals surface area contributed by atoms with Crippen molar-refractivity contribution in [2.75, 3.05) is 6.61 Å². The molecule has 6 heteroatoms. The number of benzene rings is 2. The molecule has 0 radical (unpaired) electrons. The number of carbonyl (C=O) groups excluding carboxylic acids is 1. The summed E-state index contributed by atoms with van der Waals surface area (Å²) in [6.07, 6.45) is -0.469. The summed E-state index contributed by atoms with van der Waals surface area (Å²) in [6.45, 7) is 4.70. The Bertz CT molecular complexity index is 733. The topological polar surface area (TPSA) is 67.8 Å². The Balaban J connectivity index is 0.00000225. The number of hydrogen-bond acceptors (Lipinski definition) is 4. The van der Waals surface area contributed by atoms with E-state index in [0.717, 1.165) is 5.56 Å². The van der Waals surface area contributed by atoms with Gasteiger partial charge in [-0.2, -0.15) is 0 Å². The van der Waals surface area contributed by atoms with Crippen molar-refractivity contribution >= 4 is 18.5 Å². The van der Waals surface area contributed by atoms with Gasteiger partial charge in [-0.25, -0.2) is 4.79 Å². The van der Waals surface area contributed by atoms with Crippen molar-refractivity contribution in [1.82, 2.24) is 5.32 Å². The highest BCUT2D eigenvalue weighted by atomic mass is 35.5. The van der Waals surface area contributed by atoms with Crippen LogP contribution < -0.4 is 10.1 Å². The summed E-state index contributed by atoms with van der Waals surface area (Å²) in [5.41, 5.74) is 1.39. The highest BCUT2D eigenvalue weighted by Gasteiger charge is 2.39. The third-order valence-electron chi connectivity index (χ3n) is 4.18. The second-order valence-corrected chi connectivity index (χ2v) is 6.64. The molecule has 1 aliphatic heterocycles. The number of hydrogen-bond donors (Lipinski definition) is 2. The molecule has 5 nitrogen and oxygen atoms in total. The maximum Gasteiger partial charge on any atom is 0.407 e. The summed E-state index contributed by atoms with van der Waals surface area (Å²) >= 11 is 0. The molecule has 134 valence electrons. The summed E-state index contributed by atoms with van der Waals surface area (Å²) in [5.74, 6) is 0.678. The van der Waals surface area contributed by atoms with Crippen LogP contribution in [0.2, 0.25) is 0 Å². The van der Waals surface area contributed by atoms with Crippen molar-refractivity contribution in [3.63, 3.8) is 0 Å². The monoisotopic (exact) mass is 363 g/mol. The molecule has 0 saturated carbocycles. The van der Waals surface area contributed by atoms with Gasteiger partial charge in [0.25, 0.3) is 0 Å². The van der Waals surface area contributed by atoms with E-state index in [9.17, 15) is 9.90 Å². The van der Waals surface area contributed by atoms with E-state index in [1.165, 1.54) is 0 Å². The van der Waals surface area contributed by atoms with E-state index in [1.54, 1.807) is 18.2 Å². The Kier molecular flexibility index (Phi) is 5.80. The van der Waals surface area contributed by atoms with Gasteiger partial charge in [-0.05, 0) is 17.7 Å². The van der Waals surface area contributed by atoms with Gasteiger partial charge >= 0.3 is 6.09 Å². The molecule has 0 unspecified atom stereocenters. The zero-order valence-electron chi connectivity index (χ0n) is 14.2. The molecular formula is C19H22ClNO4. The van der Waals surface area contributed by atoms with Crippen molar-refractivity contribution in [2.45, 2.75) is 26.5 Å². The van der Waals surface area contributed by atoms with Gasteiger partial charge in [0.05, 0.1) is 6.04 Å². The zero-order valence-corrected chi connectivity index (χ0v) is 15.0. The molecule has 0 bridgehead atoms. The van der Waals surface area contributed by atoms with Gasteiger partial charge in [0.15, 0.2) is 0 Å². The van der Waals surface area contributed by atoms with Crippen LogP contribution in [0.1, 0.15) is 31.0 Å². The SMILES string of the molecule is CC1(C)COC(=O)N[C@@H]1c1ccc(OCc2ccccc2)cc1O.Cl. The lowest BCUT2D eigenvalue weighted by atomic mass is 9.80. The molecule has 1 fully saturated rings. The number of rotatable bonds is 4. The number of phenols is 1. The first-order valence-corrected chi connectivity index (χ1v) is 7.89. The first-order chi connectivity index (χ1) is 11.5. The summed E-state index contributed by atoms with van der Waals surface area (Å²) < 4.78 is 10.8. The average molecular weight is 364 g/mol. The highest BCUT2D eigenvalue weighted by Crippen LogP contribution is 2.40. The van der Waals surface area contributed by atoms with Gasteiger partial charge in [0, 0.05) is 17.0 Å². The van der Waals surface area contributed by atoms with E-state index in [0.29, 0.717) is 24.5 Å². The first kappa shape index (κ1) is 18.9. The fourth-order valence-electron chi connectivity index (χ4n) is 2.79. The molecule has 0 aromatic heterocycles. The Labute approximate surface area is 153 Å². The molecule has 1 amide bonds. The van der Waals surface area contributed by atoms with E-state index in [4.69, 9.17) is 9.47 Å². The molecule has 1 aliphatic rings. The molecule has 0 spiro atoms.